The van der Waals surface area contributed by atoms with Crippen molar-refractivity contribution in [3.05, 3.63) is 61.4 Å². The highest BCUT2D eigenvalue weighted by molar-refractivity contribution is 7.21. The highest BCUT2D eigenvalue weighted by Gasteiger charge is 2.28. The van der Waals surface area contributed by atoms with E-state index in [0.717, 1.165) is 29.1 Å². The van der Waals surface area contributed by atoms with Crippen molar-refractivity contribution in [3.63, 3.8) is 0 Å². The minimum absolute atomic E-state index is 0.447. The first-order chi connectivity index (χ1) is 12.9. The largest absolute Gasteiger partial charge is 0.351 e. The van der Waals surface area contributed by atoms with Crippen molar-refractivity contribution in [2.45, 2.75) is 25.4 Å². The van der Waals surface area contributed by atoms with Crippen molar-refractivity contribution >= 4 is 27.4 Å². The second-order valence-corrected chi connectivity index (χ2v) is 7.67. The summed E-state index contributed by atoms with van der Waals surface area (Å²) < 4.78 is 2.16. The third-order valence-electron chi connectivity index (χ3n) is 5.00. The van der Waals surface area contributed by atoms with Crippen LogP contribution in [0.3, 0.4) is 0 Å². The molecular formula is C20H19N5S. The molecule has 1 aliphatic rings. The van der Waals surface area contributed by atoms with E-state index in [1.807, 2.05) is 24.8 Å². The molecule has 1 aromatic carbocycles. The van der Waals surface area contributed by atoms with Gasteiger partial charge >= 0.3 is 0 Å². The average molecular weight is 361 g/mol. The number of thiophene rings is 1. The first-order valence-electron chi connectivity index (χ1n) is 8.91. The fourth-order valence-corrected chi connectivity index (χ4v) is 4.76. The van der Waals surface area contributed by atoms with E-state index in [-0.39, 0.29) is 0 Å². The second kappa shape index (κ2) is 6.53. The Bertz CT molecular complexity index is 1010. The molecule has 1 aliphatic heterocycles. The number of aromatic nitrogens is 4. The number of hydrogen-bond donors (Lipinski definition) is 0. The maximum atomic E-state index is 4.67. The number of hydrogen-bond acceptors (Lipinski definition) is 5. The minimum Gasteiger partial charge on any atom is -0.351 e. The maximum absolute atomic E-state index is 4.67. The Morgan fingerprint density at radius 1 is 1.15 bits per heavy atom. The molecule has 0 saturated carbocycles. The van der Waals surface area contributed by atoms with Gasteiger partial charge < -0.3 is 9.47 Å². The molecule has 4 aromatic rings. The molecule has 0 bridgehead atoms. The van der Waals surface area contributed by atoms with Crippen molar-refractivity contribution in [2.75, 3.05) is 11.4 Å². The number of benzene rings is 1. The van der Waals surface area contributed by atoms with Crippen LogP contribution in [0.2, 0.25) is 0 Å². The number of fused-ring (bicyclic) bond motifs is 1. The summed E-state index contributed by atoms with van der Waals surface area (Å²) in [5, 5.41) is 1.16. The summed E-state index contributed by atoms with van der Waals surface area (Å²) >= 11 is 1.74. The summed E-state index contributed by atoms with van der Waals surface area (Å²) in [7, 11) is 0. The van der Waals surface area contributed by atoms with Crippen LogP contribution in [0.4, 0.5) is 5.82 Å². The van der Waals surface area contributed by atoms with Crippen LogP contribution in [-0.2, 0) is 6.54 Å². The van der Waals surface area contributed by atoms with E-state index in [4.69, 9.17) is 0 Å². The molecule has 0 aliphatic carbocycles. The minimum atomic E-state index is 0.447. The van der Waals surface area contributed by atoms with Gasteiger partial charge in [-0.25, -0.2) is 15.0 Å². The molecule has 1 atom stereocenters. The van der Waals surface area contributed by atoms with Crippen molar-refractivity contribution in [1.82, 2.24) is 19.5 Å². The Morgan fingerprint density at radius 3 is 2.92 bits per heavy atom. The normalized spacial score (nSPS) is 17.2. The first-order valence-corrected chi connectivity index (χ1v) is 9.72. The van der Waals surface area contributed by atoms with Gasteiger partial charge in [0.05, 0.1) is 11.7 Å². The molecule has 5 rings (SSSR count). The van der Waals surface area contributed by atoms with Crippen LogP contribution in [-0.4, -0.2) is 32.1 Å². The van der Waals surface area contributed by atoms with Crippen LogP contribution in [0.15, 0.2) is 61.4 Å². The molecule has 6 heteroatoms. The summed E-state index contributed by atoms with van der Waals surface area (Å²) in [6.07, 6.45) is 9.84. The van der Waals surface area contributed by atoms with Gasteiger partial charge in [0.2, 0.25) is 0 Å². The fourth-order valence-electron chi connectivity index (χ4n) is 3.76. The van der Waals surface area contributed by atoms with Crippen LogP contribution in [0, 0.1) is 0 Å². The van der Waals surface area contributed by atoms with Gasteiger partial charge in [0.1, 0.15) is 17.0 Å². The van der Waals surface area contributed by atoms with Crippen molar-refractivity contribution in [1.29, 1.82) is 0 Å². The van der Waals surface area contributed by atoms with Crippen LogP contribution in [0.25, 0.3) is 20.7 Å². The number of rotatable bonds is 4. The zero-order valence-electron chi connectivity index (χ0n) is 14.3. The Hall–Kier alpha value is -2.73. The lowest BCUT2D eigenvalue weighted by Crippen LogP contribution is -2.33. The molecular weight excluding hydrogens is 342 g/mol. The molecule has 5 nitrogen and oxygen atoms in total. The number of nitrogens with zero attached hydrogens (tertiary/aromatic N) is 5. The summed E-state index contributed by atoms with van der Waals surface area (Å²) in [5.41, 5.74) is 1.23. The molecule has 4 heterocycles. The summed E-state index contributed by atoms with van der Waals surface area (Å²) in [5.74, 6) is 1.07. The average Bonchev–Trinajstić information content (AvgIpc) is 3.43. The molecule has 1 unspecified atom stereocenters. The monoisotopic (exact) mass is 361 g/mol. The van der Waals surface area contributed by atoms with Gasteiger partial charge in [-0.1, -0.05) is 30.3 Å². The van der Waals surface area contributed by atoms with Crippen molar-refractivity contribution in [3.8, 4) is 10.4 Å². The van der Waals surface area contributed by atoms with Gasteiger partial charge in [0.25, 0.3) is 0 Å². The second-order valence-electron chi connectivity index (χ2n) is 6.64. The van der Waals surface area contributed by atoms with Gasteiger partial charge in [-0.15, -0.1) is 11.3 Å². The smallest absolute Gasteiger partial charge is 0.141 e. The summed E-state index contributed by atoms with van der Waals surface area (Å²) in [6, 6.07) is 13.2. The van der Waals surface area contributed by atoms with Crippen molar-refractivity contribution in [2.24, 2.45) is 0 Å². The Labute approximate surface area is 156 Å². The van der Waals surface area contributed by atoms with Crippen LogP contribution < -0.4 is 4.90 Å². The predicted molar refractivity (Wildman–Crippen MR) is 105 cm³/mol. The van der Waals surface area contributed by atoms with E-state index in [1.54, 1.807) is 17.7 Å². The number of imidazole rings is 1. The standard InChI is InChI=1S/C20H19N5S/c1-2-5-15(6-3-1)18-11-17-19(22-13-23-20(17)26-18)25-9-4-7-16(25)12-24-10-8-21-14-24/h1-3,5-6,8,10-11,13-14,16H,4,7,9,12H2. The van der Waals surface area contributed by atoms with Crippen molar-refractivity contribution < 1.29 is 0 Å². The first kappa shape index (κ1) is 15.5. The van der Waals surface area contributed by atoms with Gasteiger partial charge in [-0.05, 0) is 24.5 Å². The fraction of sp³-hybridized carbons (Fsp3) is 0.250. The van der Waals surface area contributed by atoms with Crippen LogP contribution in [0.1, 0.15) is 12.8 Å². The predicted octanol–water partition coefficient (Wildman–Crippen LogP) is 4.22. The van der Waals surface area contributed by atoms with Gasteiger partial charge in [-0.2, -0.15) is 0 Å². The molecule has 3 aromatic heterocycles. The highest BCUT2D eigenvalue weighted by atomic mass is 32.1. The van der Waals surface area contributed by atoms with E-state index in [1.165, 1.54) is 23.3 Å². The topological polar surface area (TPSA) is 46.8 Å². The van der Waals surface area contributed by atoms with E-state index in [9.17, 15) is 0 Å². The molecule has 26 heavy (non-hydrogen) atoms. The third kappa shape index (κ3) is 2.76. The molecule has 1 saturated heterocycles. The molecule has 1 fully saturated rings. The third-order valence-corrected chi connectivity index (χ3v) is 6.09. The maximum Gasteiger partial charge on any atom is 0.141 e. The van der Waals surface area contributed by atoms with Crippen LogP contribution in [0.5, 0.6) is 0 Å². The Balaban J connectivity index is 1.53. The van der Waals surface area contributed by atoms with E-state index in [2.05, 4.69) is 54.8 Å². The molecule has 0 N–H and O–H groups in total. The lowest BCUT2D eigenvalue weighted by atomic mass is 10.1. The molecule has 0 spiro atoms. The lowest BCUT2D eigenvalue weighted by Gasteiger charge is -2.26. The molecule has 130 valence electrons. The van der Waals surface area contributed by atoms with Gasteiger partial charge in [-0.3, -0.25) is 0 Å². The zero-order chi connectivity index (χ0) is 17.3. The van der Waals surface area contributed by atoms with Gasteiger partial charge in [0, 0.05) is 36.4 Å². The SMILES string of the molecule is c1ccc(-c2cc3c(N4CCCC4Cn4ccnc4)ncnc3s2)cc1. The van der Waals surface area contributed by atoms with E-state index < -0.39 is 0 Å². The van der Waals surface area contributed by atoms with Gasteiger partial charge in [0.15, 0.2) is 0 Å². The Morgan fingerprint density at radius 2 is 2.08 bits per heavy atom. The molecule has 0 amide bonds. The summed E-state index contributed by atoms with van der Waals surface area (Å²) in [4.78, 5) is 18.1. The lowest BCUT2D eigenvalue weighted by molar-refractivity contribution is 0.548. The van der Waals surface area contributed by atoms with Crippen LogP contribution >= 0.6 is 11.3 Å². The quantitative estimate of drug-likeness (QED) is 0.546. The Kier molecular flexibility index (Phi) is 3.90. The van der Waals surface area contributed by atoms with E-state index >= 15 is 0 Å². The highest BCUT2D eigenvalue weighted by Crippen LogP contribution is 2.38. The molecule has 0 radical (unpaired) electrons. The van der Waals surface area contributed by atoms with E-state index in [0.29, 0.717) is 6.04 Å². The summed E-state index contributed by atoms with van der Waals surface area (Å²) in [6.45, 7) is 1.99. The zero-order valence-corrected chi connectivity index (χ0v) is 15.1. The number of anilines is 1.